The Kier molecular flexibility index (Phi) is 4.02. The first-order chi connectivity index (χ1) is 10.6. The highest BCUT2D eigenvalue weighted by molar-refractivity contribution is 6.30. The molecule has 4 nitrogen and oxygen atoms in total. The van der Waals surface area contributed by atoms with Crippen molar-refractivity contribution in [3.05, 3.63) is 71.1 Å². The highest BCUT2D eigenvalue weighted by Crippen LogP contribution is 2.17. The first kappa shape index (κ1) is 14.5. The summed E-state index contributed by atoms with van der Waals surface area (Å²) in [5, 5.41) is 4.52. The summed E-state index contributed by atoms with van der Waals surface area (Å²) in [5.41, 5.74) is 2.13. The zero-order valence-electron chi connectivity index (χ0n) is 12.0. The molecular weight excluding hydrogens is 298 g/mol. The number of rotatable bonds is 3. The van der Waals surface area contributed by atoms with E-state index in [1.54, 1.807) is 36.7 Å². The van der Waals surface area contributed by atoms with Crippen molar-refractivity contribution in [1.29, 1.82) is 0 Å². The second-order valence-corrected chi connectivity index (χ2v) is 5.45. The van der Waals surface area contributed by atoms with Gasteiger partial charge in [0.1, 0.15) is 5.69 Å². The van der Waals surface area contributed by atoms with Gasteiger partial charge in [-0.1, -0.05) is 23.7 Å². The fourth-order valence-corrected chi connectivity index (χ4v) is 2.32. The minimum Gasteiger partial charge on any atom is -0.344 e. The van der Waals surface area contributed by atoms with E-state index in [2.05, 4.69) is 15.3 Å². The summed E-state index contributed by atoms with van der Waals surface area (Å²) in [6.07, 6.45) is 3.38. The molecule has 5 heteroatoms. The van der Waals surface area contributed by atoms with Crippen LogP contribution in [0.3, 0.4) is 0 Å². The molecule has 0 aliphatic carbocycles. The van der Waals surface area contributed by atoms with Gasteiger partial charge in [-0.25, -0.2) is 4.98 Å². The van der Waals surface area contributed by atoms with Crippen molar-refractivity contribution in [2.75, 3.05) is 0 Å². The van der Waals surface area contributed by atoms with Crippen LogP contribution in [0.25, 0.3) is 10.9 Å². The maximum Gasteiger partial charge on any atom is 0.270 e. The Hall–Kier alpha value is -2.46. The molecule has 0 fully saturated rings. The van der Waals surface area contributed by atoms with E-state index in [-0.39, 0.29) is 11.9 Å². The first-order valence-corrected chi connectivity index (χ1v) is 7.28. The van der Waals surface area contributed by atoms with Crippen LogP contribution < -0.4 is 5.32 Å². The summed E-state index contributed by atoms with van der Waals surface area (Å²) < 4.78 is 0. The Balaban J connectivity index is 1.79. The van der Waals surface area contributed by atoms with Gasteiger partial charge in [0.05, 0.1) is 11.6 Å². The third kappa shape index (κ3) is 3.07. The molecule has 110 valence electrons. The van der Waals surface area contributed by atoms with Crippen LogP contribution in [0.15, 0.2) is 54.9 Å². The van der Waals surface area contributed by atoms with Crippen LogP contribution in [-0.2, 0) is 0 Å². The molecule has 3 aromatic rings. The minimum atomic E-state index is -0.207. The van der Waals surface area contributed by atoms with Gasteiger partial charge in [0.15, 0.2) is 0 Å². The van der Waals surface area contributed by atoms with E-state index in [0.717, 1.165) is 16.5 Å². The van der Waals surface area contributed by atoms with Crippen LogP contribution in [0, 0.1) is 0 Å². The molecule has 2 aromatic heterocycles. The average molecular weight is 312 g/mol. The Labute approximate surface area is 133 Å². The maximum absolute atomic E-state index is 12.3. The lowest BCUT2D eigenvalue weighted by Gasteiger charge is -2.14. The van der Waals surface area contributed by atoms with E-state index < -0.39 is 0 Å². The molecule has 3 rings (SSSR count). The second-order valence-electron chi connectivity index (χ2n) is 5.01. The van der Waals surface area contributed by atoms with Crippen LogP contribution in [0.2, 0.25) is 5.02 Å². The maximum atomic E-state index is 12.3. The van der Waals surface area contributed by atoms with E-state index in [4.69, 9.17) is 11.6 Å². The lowest BCUT2D eigenvalue weighted by atomic mass is 10.1. The fourth-order valence-electron chi connectivity index (χ4n) is 2.20. The van der Waals surface area contributed by atoms with Gasteiger partial charge in [0, 0.05) is 22.8 Å². The third-order valence-electron chi connectivity index (χ3n) is 3.44. The molecule has 0 radical (unpaired) electrons. The van der Waals surface area contributed by atoms with Crippen molar-refractivity contribution in [3.8, 4) is 0 Å². The van der Waals surface area contributed by atoms with Gasteiger partial charge in [0.25, 0.3) is 5.91 Å². The van der Waals surface area contributed by atoms with Crippen LogP contribution in [-0.4, -0.2) is 15.9 Å². The number of hydrogen-bond donors (Lipinski definition) is 1. The summed E-state index contributed by atoms with van der Waals surface area (Å²) in [4.78, 5) is 20.7. The molecule has 0 aliphatic rings. The number of nitrogens with one attached hydrogen (secondary N) is 1. The number of nitrogens with zero attached hydrogens (tertiary/aromatic N) is 2. The number of halogens is 1. The number of carbonyl (C=O) groups is 1. The summed E-state index contributed by atoms with van der Waals surface area (Å²) in [6, 6.07) is 12.6. The van der Waals surface area contributed by atoms with E-state index >= 15 is 0 Å². The van der Waals surface area contributed by atoms with Gasteiger partial charge in [-0.15, -0.1) is 0 Å². The van der Waals surface area contributed by atoms with Crippen LogP contribution >= 0.6 is 11.6 Å². The van der Waals surface area contributed by atoms with Crippen LogP contribution in [0.1, 0.15) is 29.0 Å². The lowest BCUT2D eigenvalue weighted by molar-refractivity contribution is 0.0935. The van der Waals surface area contributed by atoms with Gasteiger partial charge in [-0.3, -0.25) is 9.78 Å². The molecule has 0 bridgehead atoms. The average Bonchev–Trinajstić information content (AvgIpc) is 2.55. The second kappa shape index (κ2) is 6.12. The van der Waals surface area contributed by atoms with Gasteiger partial charge in [-0.05, 0) is 42.8 Å². The fraction of sp³-hybridized carbons (Fsp3) is 0.118. The Morgan fingerprint density at radius 1 is 1.14 bits per heavy atom. The molecular formula is C17H14ClN3O. The summed E-state index contributed by atoms with van der Waals surface area (Å²) in [5.74, 6) is -0.207. The molecule has 0 aliphatic heterocycles. The zero-order valence-corrected chi connectivity index (χ0v) is 12.7. The van der Waals surface area contributed by atoms with Gasteiger partial charge in [0.2, 0.25) is 0 Å². The molecule has 1 aromatic carbocycles. The predicted molar refractivity (Wildman–Crippen MR) is 86.9 cm³/mol. The number of amides is 1. The van der Waals surface area contributed by atoms with Gasteiger partial charge < -0.3 is 5.32 Å². The zero-order chi connectivity index (χ0) is 15.5. The number of benzene rings is 1. The molecule has 2 heterocycles. The van der Waals surface area contributed by atoms with E-state index in [0.29, 0.717) is 10.7 Å². The number of pyridine rings is 2. The Morgan fingerprint density at radius 3 is 2.68 bits per heavy atom. The lowest BCUT2D eigenvalue weighted by Crippen LogP contribution is -2.27. The molecule has 22 heavy (non-hydrogen) atoms. The predicted octanol–water partition coefficient (Wildman–Crippen LogP) is 3.77. The standard InChI is InChI=1S/C17H14ClN3O/c1-11(12-2-5-14(18)6-3-12)20-17(22)16-7-4-13-10-19-9-8-15(13)21-16/h2-11H,1H3,(H,20,22). The SMILES string of the molecule is CC(NC(=O)c1ccc2cnccc2n1)c1ccc(Cl)cc1. The minimum absolute atomic E-state index is 0.125. The quantitative estimate of drug-likeness (QED) is 0.801. The van der Waals surface area contributed by atoms with Crippen LogP contribution in [0.5, 0.6) is 0 Å². The molecule has 1 N–H and O–H groups in total. The van der Waals surface area contributed by atoms with Crippen molar-refractivity contribution in [3.63, 3.8) is 0 Å². The first-order valence-electron chi connectivity index (χ1n) is 6.90. The van der Waals surface area contributed by atoms with Gasteiger partial charge >= 0.3 is 0 Å². The van der Waals surface area contributed by atoms with Crippen LogP contribution in [0.4, 0.5) is 0 Å². The number of carbonyl (C=O) groups excluding carboxylic acids is 1. The van der Waals surface area contributed by atoms with Crippen molar-refractivity contribution in [2.45, 2.75) is 13.0 Å². The Morgan fingerprint density at radius 2 is 1.91 bits per heavy atom. The van der Waals surface area contributed by atoms with E-state index in [9.17, 15) is 4.79 Å². The topological polar surface area (TPSA) is 54.9 Å². The van der Waals surface area contributed by atoms with Crippen molar-refractivity contribution in [2.24, 2.45) is 0 Å². The normalized spacial score (nSPS) is 12.1. The summed E-state index contributed by atoms with van der Waals surface area (Å²) >= 11 is 5.87. The molecule has 0 saturated carbocycles. The number of fused-ring (bicyclic) bond motifs is 1. The largest absolute Gasteiger partial charge is 0.344 e. The monoisotopic (exact) mass is 311 g/mol. The Bertz CT molecular complexity index is 818. The van der Waals surface area contributed by atoms with E-state index in [1.165, 1.54) is 0 Å². The van der Waals surface area contributed by atoms with Crippen molar-refractivity contribution < 1.29 is 4.79 Å². The van der Waals surface area contributed by atoms with E-state index in [1.807, 2.05) is 25.1 Å². The molecule has 0 saturated heterocycles. The summed E-state index contributed by atoms with van der Waals surface area (Å²) in [7, 11) is 0. The molecule has 1 unspecified atom stereocenters. The highest BCUT2D eigenvalue weighted by Gasteiger charge is 2.13. The van der Waals surface area contributed by atoms with Gasteiger partial charge in [-0.2, -0.15) is 0 Å². The smallest absolute Gasteiger partial charge is 0.270 e. The molecule has 0 spiro atoms. The van der Waals surface area contributed by atoms with Crippen molar-refractivity contribution in [1.82, 2.24) is 15.3 Å². The highest BCUT2D eigenvalue weighted by atomic mass is 35.5. The third-order valence-corrected chi connectivity index (χ3v) is 3.69. The molecule has 1 amide bonds. The number of aromatic nitrogens is 2. The van der Waals surface area contributed by atoms with Crippen molar-refractivity contribution >= 4 is 28.4 Å². The number of hydrogen-bond acceptors (Lipinski definition) is 3. The molecule has 1 atom stereocenters. The summed E-state index contributed by atoms with van der Waals surface area (Å²) in [6.45, 7) is 1.92.